The second kappa shape index (κ2) is 12.8. The summed E-state index contributed by atoms with van der Waals surface area (Å²) in [5.41, 5.74) is 7.55. The summed E-state index contributed by atoms with van der Waals surface area (Å²) < 4.78 is 32.2. The van der Waals surface area contributed by atoms with Crippen LogP contribution in [0.2, 0.25) is 0 Å². The minimum absolute atomic E-state index is 0.0261. The second-order valence-electron chi connectivity index (χ2n) is 9.63. The van der Waals surface area contributed by atoms with Gasteiger partial charge in [-0.3, -0.25) is 14.4 Å². The lowest BCUT2D eigenvalue weighted by Gasteiger charge is -2.33. The van der Waals surface area contributed by atoms with Gasteiger partial charge in [0.25, 0.3) is 0 Å². The number of amides is 3. The maximum atomic E-state index is 13.5. The number of hydrogen-bond acceptors (Lipinski definition) is 7. The number of hydrogen-bond donors (Lipinski definition) is 2. The van der Waals surface area contributed by atoms with Gasteiger partial charge in [-0.1, -0.05) is 30.3 Å². The predicted molar refractivity (Wildman–Crippen MR) is 155 cm³/mol. The van der Waals surface area contributed by atoms with Crippen molar-refractivity contribution in [3.05, 3.63) is 84.4 Å². The van der Waals surface area contributed by atoms with Gasteiger partial charge < -0.3 is 25.6 Å². The highest BCUT2D eigenvalue weighted by atomic mass is 32.2. The fourth-order valence-electron chi connectivity index (χ4n) is 4.48. The largest absolute Gasteiger partial charge is 0.497 e. The van der Waals surface area contributed by atoms with Crippen molar-refractivity contribution < 1.29 is 27.5 Å². The molecule has 3 aromatic carbocycles. The van der Waals surface area contributed by atoms with Crippen molar-refractivity contribution in [3.63, 3.8) is 0 Å². The molecule has 11 nitrogen and oxygen atoms in total. The van der Waals surface area contributed by atoms with Gasteiger partial charge in [-0.25, -0.2) is 8.42 Å². The van der Waals surface area contributed by atoms with Crippen molar-refractivity contribution in [1.29, 1.82) is 0 Å². The Morgan fingerprint density at radius 2 is 1.66 bits per heavy atom. The molecule has 1 atom stereocenters. The van der Waals surface area contributed by atoms with Crippen molar-refractivity contribution in [2.45, 2.75) is 17.4 Å². The first kappa shape index (κ1) is 29.6. The van der Waals surface area contributed by atoms with Gasteiger partial charge in [0, 0.05) is 37.9 Å². The van der Waals surface area contributed by atoms with Gasteiger partial charge in [0.05, 0.1) is 25.1 Å². The first-order chi connectivity index (χ1) is 19.6. The number of rotatable bonds is 10. The van der Waals surface area contributed by atoms with E-state index in [-0.39, 0.29) is 36.9 Å². The Balaban J connectivity index is 1.42. The van der Waals surface area contributed by atoms with Crippen LogP contribution < -0.4 is 20.7 Å². The molecule has 0 spiro atoms. The minimum Gasteiger partial charge on any atom is -0.497 e. The molecular weight excluding hydrogens is 546 g/mol. The van der Waals surface area contributed by atoms with Gasteiger partial charge in [-0.05, 0) is 54.1 Å². The lowest BCUT2D eigenvalue weighted by atomic mass is 10.0. The van der Waals surface area contributed by atoms with Gasteiger partial charge in [0.15, 0.2) is 0 Å². The van der Waals surface area contributed by atoms with Crippen molar-refractivity contribution in [1.82, 2.24) is 14.5 Å². The SMILES string of the molecule is COc1ccc(N(C)C(=O)[C@H](Cc2ccccc2)NC(=O)CN2CCN(S(=O)(=O)c3ccc(N)cc3)CC2=O)cc1. The third-order valence-corrected chi connectivity index (χ3v) is 8.70. The fourth-order valence-corrected chi connectivity index (χ4v) is 5.86. The number of carbonyl (C=O) groups excluding carboxylic acids is 3. The summed E-state index contributed by atoms with van der Waals surface area (Å²) in [6, 6.07) is 21.1. The highest BCUT2D eigenvalue weighted by Gasteiger charge is 2.34. The summed E-state index contributed by atoms with van der Waals surface area (Å²) in [6.07, 6.45) is 0.244. The number of carbonyl (C=O) groups is 3. The molecule has 3 N–H and O–H groups in total. The zero-order valence-electron chi connectivity index (χ0n) is 22.9. The van der Waals surface area contributed by atoms with Crippen LogP contribution >= 0.6 is 0 Å². The molecule has 0 aromatic heterocycles. The highest BCUT2D eigenvalue weighted by molar-refractivity contribution is 7.89. The van der Waals surface area contributed by atoms with E-state index in [4.69, 9.17) is 10.5 Å². The molecule has 1 heterocycles. The number of methoxy groups -OCH3 is 1. The molecule has 0 aliphatic carbocycles. The van der Waals surface area contributed by atoms with Crippen LogP contribution in [-0.2, 0) is 30.8 Å². The summed E-state index contributed by atoms with van der Waals surface area (Å²) in [5.74, 6) is -0.717. The summed E-state index contributed by atoms with van der Waals surface area (Å²) in [6.45, 7) is -0.645. The molecule has 0 saturated carbocycles. The zero-order valence-corrected chi connectivity index (χ0v) is 23.7. The number of likely N-dealkylation sites (N-methyl/N-ethyl adjacent to an activating group) is 1. The van der Waals surface area contributed by atoms with E-state index in [1.54, 1.807) is 38.4 Å². The maximum Gasteiger partial charge on any atom is 0.249 e. The number of anilines is 2. The second-order valence-corrected chi connectivity index (χ2v) is 11.6. The van der Waals surface area contributed by atoms with Crippen LogP contribution in [-0.4, -0.2) is 81.7 Å². The highest BCUT2D eigenvalue weighted by Crippen LogP contribution is 2.21. The minimum atomic E-state index is -3.90. The molecule has 3 aromatic rings. The van der Waals surface area contributed by atoms with Crippen LogP contribution in [0.1, 0.15) is 5.56 Å². The van der Waals surface area contributed by atoms with E-state index in [2.05, 4.69) is 5.32 Å². The number of ether oxygens (including phenoxy) is 1. The summed E-state index contributed by atoms with van der Waals surface area (Å²) in [4.78, 5) is 42.3. The number of nitrogen functional groups attached to an aromatic ring is 1. The number of benzene rings is 3. The fraction of sp³-hybridized carbons (Fsp3) is 0.276. The molecule has 1 aliphatic rings. The van der Waals surface area contributed by atoms with E-state index in [0.717, 1.165) is 9.87 Å². The van der Waals surface area contributed by atoms with E-state index in [0.29, 0.717) is 17.1 Å². The Morgan fingerprint density at radius 3 is 2.27 bits per heavy atom. The standard InChI is InChI=1S/C29H33N5O6S/c1-32(23-10-12-24(40-2)13-11-23)29(37)26(18-21-6-4-3-5-7-21)31-27(35)19-33-16-17-34(20-28(33)36)41(38,39)25-14-8-22(30)9-15-25/h3-15,26H,16-20,30H2,1-2H3,(H,31,35)/t26-/m0/s1. The quantitative estimate of drug-likeness (QED) is 0.347. The average Bonchev–Trinajstić information content (AvgIpc) is 2.98. The van der Waals surface area contributed by atoms with E-state index in [9.17, 15) is 22.8 Å². The van der Waals surface area contributed by atoms with Crippen molar-refractivity contribution in [2.24, 2.45) is 0 Å². The molecule has 41 heavy (non-hydrogen) atoms. The van der Waals surface area contributed by atoms with Crippen LogP contribution in [0.3, 0.4) is 0 Å². The Hall–Kier alpha value is -4.42. The predicted octanol–water partition coefficient (Wildman–Crippen LogP) is 1.50. The van der Waals surface area contributed by atoms with E-state index in [1.165, 1.54) is 34.1 Å². The van der Waals surface area contributed by atoms with Crippen molar-refractivity contribution in [3.8, 4) is 5.75 Å². The molecule has 12 heteroatoms. The van der Waals surface area contributed by atoms with Crippen LogP contribution in [0.25, 0.3) is 0 Å². The Labute approximate surface area is 239 Å². The van der Waals surface area contributed by atoms with Crippen molar-refractivity contribution >= 4 is 39.1 Å². The van der Waals surface area contributed by atoms with Gasteiger partial charge in [-0.15, -0.1) is 0 Å². The van der Waals surface area contributed by atoms with Crippen LogP contribution in [0.15, 0.2) is 83.8 Å². The maximum absolute atomic E-state index is 13.5. The van der Waals surface area contributed by atoms with E-state index in [1.807, 2.05) is 30.3 Å². The molecule has 216 valence electrons. The third kappa shape index (κ3) is 7.21. The zero-order chi connectivity index (χ0) is 29.6. The molecule has 0 unspecified atom stereocenters. The summed E-state index contributed by atoms with van der Waals surface area (Å²) >= 11 is 0. The Morgan fingerprint density at radius 1 is 1.00 bits per heavy atom. The lowest BCUT2D eigenvalue weighted by molar-refractivity contribution is -0.139. The van der Waals surface area contributed by atoms with Crippen molar-refractivity contribution in [2.75, 3.05) is 51.0 Å². The lowest BCUT2D eigenvalue weighted by Crippen LogP contribution is -2.56. The average molecular weight is 580 g/mol. The number of piperazine rings is 1. The van der Waals surface area contributed by atoms with Gasteiger partial charge in [0.2, 0.25) is 27.7 Å². The Bertz CT molecular complexity index is 1480. The first-order valence-corrected chi connectivity index (χ1v) is 14.4. The normalized spacial score (nSPS) is 14.8. The molecule has 4 rings (SSSR count). The van der Waals surface area contributed by atoms with E-state index >= 15 is 0 Å². The van der Waals surface area contributed by atoms with Crippen LogP contribution in [0.5, 0.6) is 5.75 Å². The molecule has 1 saturated heterocycles. The smallest absolute Gasteiger partial charge is 0.249 e. The van der Waals surface area contributed by atoms with Crippen LogP contribution in [0.4, 0.5) is 11.4 Å². The molecule has 3 amide bonds. The molecular formula is C29H33N5O6S. The van der Waals surface area contributed by atoms with Gasteiger partial charge in [-0.2, -0.15) is 4.31 Å². The summed E-state index contributed by atoms with van der Waals surface area (Å²) in [5, 5.41) is 2.79. The van der Waals surface area contributed by atoms with E-state index < -0.39 is 34.4 Å². The third-order valence-electron chi connectivity index (χ3n) is 6.84. The Kier molecular flexibility index (Phi) is 9.25. The molecule has 1 aliphatic heterocycles. The van der Waals surface area contributed by atoms with Crippen LogP contribution in [0, 0.1) is 0 Å². The molecule has 0 bridgehead atoms. The monoisotopic (exact) mass is 579 g/mol. The topological polar surface area (TPSA) is 142 Å². The summed E-state index contributed by atoms with van der Waals surface area (Å²) in [7, 11) is -0.719. The number of nitrogens with one attached hydrogen (secondary N) is 1. The number of nitrogens with zero attached hydrogens (tertiary/aromatic N) is 3. The molecule has 1 fully saturated rings. The first-order valence-electron chi connectivity index (χ1n) is 13.0. The number of nitrogens with two attached hydrogens (primary N) is 1. The van der Waals surface area contributed by atoms with Gasteiger partial charge >= 0.3 is 0 Å². The number of sulfonamides is 1. The van der Waals surface area contributed by atoms with Gasteiger partial charge in [0.1, 0.15) is 11.8 Å². The molecule has 0 radical (unpaired) electrons.